The van der Waals surface area contributed by atoms with Gasteiger partial charge in [-0.05, 0) is 13.0 Å². The maximum atomic E-state index is 11.4. The molecule has 0 aliphatic rings. The Kier molecular flexibility index (Phi) is 4.14. The number of hydrogen-bond donors (Lipinski definition) is 0. The van der Waals surface area contributed by atoms with Crippen LogP contribution in [0, 0.1) is 0 Å². The van der Waals surface area contributed by atoms with Crippen molar-refractivity contribution < 1.29 is 9.66 Å². The minimum absolute atomic E-state index is 0.308. The van der Waals surface area contributed by atoms with E-state index >= 15 is 0 Å². The summed E-state index contributed by atoms with van der Waals surface area (Å²) < 4.78 is 11.4. The van der Waals surface area contributed by atoms with Gasteiger partial charge in [-0.25, -0.2) is 5.11 Å². The first-order valence-electron chi connectivity index (χ1n) is 4.01. The predicted octanol–water partition coefficient (Wildman–Crippen LogP) is 0.793. The van der Waals surface area contributed by atoms with Gasteiger partial charge in [0.25, 0.3) is 0 Å². The highest BCUT2D eigenvalue weighted by Gasteiger charge is 2.14. The topological polar surface area (TPSA) is 68.7 Å². The van der Waals surface area contributed by atoms with Crippen molar-refractivity contribution in [2.24, 2.45) is 0 Å². The quantitative estimate of drug-likeness (QED) is 0.532. The second-order valence-corrected chi connectivity index (χ2v) is 4.14. The molecule has 0 saturated heterocycles. The molecule has 71 valence electrons. The zero-order chi connectivity index (χ0) is 9.68. The number of hydrogen-bond acceptors (Lipinski definition) is 3. The lowest BCUT2D eigenvalue weighted by atomic mass is 10.3. The van der Waals surface area contributed by atoms with Crippen LogP contribution in [0.3, 0.4) is 0 Å². The van der Waals surface area contributed by atoms with Gasteiger partial charge in [-0.3, -0.25) is 0 Å². The molecule has 0 aliphatic heterocycles. The van der Waals surface area contributed by atoms with E-state index in [-0.39, 0.29) is 0 Å². The van der Waals surface area contributed by atoms with Gasteiger partial charge in [-0.1, -0.05) is 0 Å². The van der Waals surface area contributed by atoms with Gasteiger partial charge in [0.2, 0.25) is 0 Å². The first-order chi connectivity index (χ1) is 6.20. The molecule has 1 heterocycles. The summed E-state index contributed by atoms with van der Waals surface area (Å²) in [5, 5.41) is 11.0. The van der Waals surface area contributed by atoms with Crippen molar-refractivity contribution in [3.8, 4) is 0 Å². The van der Waals surface area contributed by atoms with Crippen LogP contribution in [0.4, 0.5) is 0 Å². The third-order valence-corrected chi connectivity index (χ3v) is 2.68. The fraction of sp³-hybridized carbons (Fsp3) is 0.500. The summed E-state index contributed by atoms with van der Waals surface area (Å²) >= 11 is -1.23. The SMILES string of the molecule is CC([O])CC[S+]([O-])c1ncccn1. The van der Waals surface area contributed by atoms with Gasteiger partial charge < -0.3 is 4.55 Å². The second-order valence-electron chi connectivity index (χ2n) is 2.68. The lowest BCUT2D eigenvalue weighted by molar-refractivity contribution is 0.103. The smallest absolute Gasteiger partial charge is 0.342 e. The van der Waals surface area contributed by atoms with E-state index in [4.69, 9.17) is 0 Å². The van der Waals surface area contributed by atoms with Crippen LogP contribution in [0.1, 0.15) is 13.3 Å². The molecule has 0 saturated carbocycles. The molecular formula is C8H11N2O2S. The van der Waals surface area contributed by atoms with Crippen LogP contribution in [0.5, 0.6) is 0 Å². The molecule has 0 bridgehead atoms. The Hall–Kier alpha value is -0.650. The predicted molar refractivity (Wildman–Crippen MR) is 48.1 cm³/mol. The molecule has 0 fully saturated rings. The summed E-state index contributed by atoms with van der Waals surface area (Å²) in [5.41, 5.74) is 0. The van der Waals surface area contributed by atoms with Crippen molar-refractivity contribution in [1.29, 1.82) is 0 Å². The van der Waals surface area contributed by atoms with Crippen molar-refractivity contribution in [3.63, 3.8) is 0 Å². The third-order valence-electron chi connectivity index (χ3n) is 1.46. The molecule has 0 spiro atoms. The Bertz CT molecular complexity index is 243. The van der Waals surface area contributed by atoms with E-state index in [9.17, 15) is 9.66 Å². The normalized spacial score (nSPS) is 15.3. The van der Waals surface area contributed by atoms with Gasteiger partial charge >= 0.3 is 5.16 Å². The minimum atomic E-state index is -1.23. The van der Waals surface area contributed by atoms with Crippen LogP contribution in [0.15, 0.2) is 23.6 Å². The maximum Gasteiger partial charge on any atom is 0.342 e. The first-order valence-corrected chi connectivity index (χ1v) is 5.33. The van der Waals surface area contributed by atoms with Crippen molar-refractivity contribution >= 4 is 11.2 Å². The molecule has 0 amide bonds. The van der Waals surface area contributed by atoms with Gasteiger partial charge in [0, 0.05) is 30.0 Å². The largest absolute Gasteiger partial charge is 0.609 e. The van der Waals surface area contributed by atoms with Crippen LogP contribution in [0.25, 0.3) is 0 Å². The number of aromatic nitrogens is 2. The summed E-state index contributed by atoms with van der Waals surface area (Å²) in [6.45, 7) is 1.56. The van der Waals surface area contributed by atoms with E-state index in [1.165, 1.54) is 0 Å². The highest BCUT2D eigenvalue weighted by molar-refractivity contribution is 7.91. The van der Waals surface area contributed by atoms with Gasteiger partial charge in [-0.2, -0.15) is 9.97 Å². The molecule has 1 aromatic heterocycles. The highest BCUT2D eigenvalue weighted by atomic mass is 32.2. The Balaban J connectivity index is 2.44. The summed E-state index contributed by atoms with van der Waals surface area (Å²) in [4.78, 5) is 7.69. The van der Waals surface area contributed by atoms with Crippen molar-refractivity contribution in [3.05, 3.63) is 18.5 Å². The first kappa shape index (κ1) is 10.4. The van der Waals surface area contributed by atoms with Crippen LogP contribution in [0.2, 0.25) is 0 Å². The molecule has 1 radical (unpaired) electrons. The van der Waals surface area contributed by atoms with Crippen LogP contribution in [-0.4, -0.2) is 26.4 Å². The average Bonchev–Trinajstić information content (AvgIpc) is 2.15. The molecule has 13 heavy (non-hydrogen) atoms. The van der Waals surface area contributed by atoms with Gasteiger partial charge in [0.1, 0.15) is 5.75 Å². The number of nitrogens with zero attached hydrogens (tertiary/aromatic N) is 2. The van der Waals surface area contributed by atoms with E-state index in [0.717, 1.165) is 0 Å². The Morgan fingerprint density at radius 2 is 2.15 bits per heavy atom. The van der Waals surface area contributed by atoms with E-state index in [0.29, 0.717) is 17.3 Å². The number of rotatable bonds is 4. The molecular weight excluding hydrogens is 188 g/mol. The van der Waals surface area contributed by atoms with E-state index in [1.54, 1.807) is 25.4 Å². The summed E-state index contributed by atoms with van der Waals surface area (Å²) in [6, 6.07) is 1.66. The molecule has 0 aliphatic carbocycles. The molecule has 2 atom stereocenters. The van der Waals surface area contributed by atoms with Crippen LogP contribution in [-0.2, 0) is 16.3 Å². The van der Waals surface area contributed by atoms with Gasteiger partial charge in [0.05, 0.1) is 6.10 Å². The van der Waals surface area contributed by atoms with Gasteiger partial charge in [-0.15, -0.1) is 0 Å². The van der Waals surface area contributed by atoms with Gasteiger partial charge in [0.15, 0.2) is 0 Å². The van der Waals surface area contributed by atoms with Crippen molar-refractivity contribution in [1.82, 2.24) is 9.97 Å². The molecule has 1 rings (SSSR count). The standard InChI is InChI=1S/C8H11N2O2S/c1-7(11)3-6-13(12)8-9-4-2-5-10-8/h2,4-5,7H,3,6H2,1H3. The van der Waals surface area contributed by atoms with Crippen LogP contribution >= 0.6 is 0 Å². The zero-order valence-corrected chi connectivity index (χ0v) is 8.16. The molecule has 4 nitrogen and oxygen atoms in total. The average molecular weight is 199 g/mol. The summed E-state index contributed by atoms with van der Waals surface area (Å²) in [6.07, 6.45) is 2.81. The molecule has 1 aromatic rings. The monoisotopic (exact) mass is 199 g/mol. The van der Waals surface area contributed by atoms with Crippen molar-refractivity contribution in [2.75, 3.05) is 5.75 Å². The zero-order valence-electron chi connectivity index (χ0n) is 7.34. The third kappa shape index (κ3) is 3.71. The molecule has 2 unspecified atom stereocenters. The maximum absolute atomic E-state index is 11.4. The fourth-order valence-electron chi connectivity index (χ4n) is 0.767. The lowest BCUT2D eigenvalue weighted by Gasteiger charge is -2.07. The fourth-order valence-corrected chi connectivity index (χ4v) is 1.85. The molecule has 0 aromatic carbocycles. The van der Waals surface area contributed by atoms with Crippen molar-refractivity contribution in [2.45, 2.75) is 24.6 Å². The molecule has 0 N–H and O–H groups in total. The minimum Gasteiger partial charge on any atom is -0.609 e. The molecule has 5 heteroatoms. The van der Waals surface area contributed by atoms with E-state index < -0.39 is 17.3 Å². The Labute approximate surface area is 80.2 Å². The summed E-state index contributed by atoms with van der Waals surface area (Å²) in [7, 11) is 0. The Morgan fingerprint density at radius 3 is 2.69 bits per heavy atom. The van der Waals surface area contributed by atoms with Crippen LogP contribution < -0.4 is 0 Å². The Morgan fingerprint density at radius 1 is 1.54 bits per heavy atom. The lowest BCUT2D eigenvalue weighted by Crippen LogP contribution is -2.14. The highest BCUT2D eigenvalue weighted by Crippen LogP contribution is 2.06. The van der Waals surface area contributed by atoms with E-state index in [1.807, 2.05) is 0 Å². The van der Waals surface area contributed by atoms with E-state index in [2.05, 4.69) is 9.97 Å². The second kappa shape index (κ2) is 5.16. The summed E-state index contributed by atoms with van der Waals surface area (Å²) in [5.74, 6) is 0.342.